The molecule has 0 bridgehead atoms. The maximum absolute atomic E-state index is 10.6. The highest BCUT2D eigenvalue weighted by Crippen LogP contribution is 2.31. The van der Waals surface area contributed by atoms with Crippen LogP contribution in [0.1, 0.15) is 32.6 Å². The number of ether oxygens (including phenoxy) is 1. The molecule has 1 saturated carbocycles. The minimum absolute atomic E-state index is 0.0875. The van der Waals surface area contributed by atoms with Gasteiger partial charge in [0.1, 0.15) is 5.60 Å². The van der Waals surface area contributed by atoms with E-state index in [9.17, 15) is 4.79 Å². The molecule has 5 nitrogen and oxygen atoms in total. The van der Waals surface area contributed by atoms with E-state index in [1.54, 1.807) is 0 Å². The van der Waals surface area contributed by atoms with Gasteiger partial charge in [-0.15, -0.1) is 0 Å². The first-order valence-corrected chi connectivity index (χ1v) is 4.40. The van der Waals surface area contributed by atoms with Crippen LogP contribution in [0.25, 0.3) is 0 Å². The van der Waals surface area contributed by atoms with E-state index in [-0.39, 0.29) is 6.10 Å². The zero-order valence-corrected chi connectivity index (χ0v) is 7.79. The molecule has 0 spiro atoms. The summed E-state index contributed by atoms with van der Waals surface area (Å²) in [5.41, 5.74) is 4.53. The maximum Gasteiger partial charge on any atom is 0.405 e. The van der Waals surface area contributed by atoms with E-state index in [0.29, 0.717) is 0 Å². The number of rotatable bonds is 2. The number of nitrogens with two attached hydrogens (primary N) is 2. The molecule has 0 atom stereocenters. The molecule has 4 N–H and O–H groups in total. The molecular weight excluding hydrogens is 172 g/mol. The summed E-state index contributed by atoms with van der Waals surface area (Å²) >= 11 is 0. The van der Waals surface area contributed by atoms with Crippen LogP contribution in [-0.4, -0.2) is 17.8 Å². The number of carbonyl (C=O) groups is 1. The Kier molecular flexibility index (Phi) is 3.11. The molecule has 76 valence electrons. The van der Waals surface area contributed by atoms with Crippen molar-refractivity contribution in [3.8, 4) is 0 Å². The lowest BCUT2D eigenvalue weighted by Gasteiger charge is -2.35. The normalized spacial score (nSPS) is 34.2. The van der Waals surface area contributed by atoms with E-state index in [0.717, 1.165) is 25.7 Å². The average molecular weight is 188 g/mol. The standard InChI is InChI=1S/C8H16N2O3/c1-8(12-7(9)11)4-2-6(13-10)3-5-8/h6H,2-5,10H2,1H3,(H2,9,11)/t6-,8-. The minimum atomic E-state index is -0.713. The molecule has 1 amide bonds. The summed E-state index contributed by atoms with van der Waals surface area (Å²) in [6.07, 6.45) is 2.48. The van der Waals surface area contributed by atoms with Crippen molar-refractivity contribution in [3.63, 3.8) is 0 Å². The second kappa shape index (κ2) is 3.93. The monoisotopic (exact) mass is 188 g/mol. The van der Waals surface area contributed by atoms with Gasteiger partial charge in [-0.1, -0.05) is 0 Å². The van der Waals surface area contributed by atoms with Crippen LogP contribution in [0.3, 0.4) is 0 Å². The predicted octanol–water partition coefficient (Wildman–Crippen LogP) is 0.673. The van der Waals surface area contributed by atoms with Crippen molar-refractivity contribution in [3.05, 3.63) is 0 Å². The molecule has 1 rings (SSSR count). The van der Waals surface area contributed by atoms with Crippen LogP contribution < -0.4 is 11.6 Å². The highest BCUT2D eigenvalue weighted by atomic mass is 16.6. The topological polar surface area (TPSA) is 87.6 Å². The lowest BCUT2D eigenvalue weighted by atomic mass is 9.85. The molecule has 1 aliphatic carbocycles. The third-order valence-corrected chi connectivity index (χ3v) is 2.53. The Morgan fingerprint density at radius 2 is 2.00 bits per heavy atom. The Hall–Kier alpha value is -0.810. The number of primary amides is 1. The number of hydrogen-bond acceptors (Lipinski definition) is 4. The minimum Gasteiger partial charge on any atom is -0.443 e. The van der Waals surface area contributed by atoms with Crippen molar-refractivity contribution < 1.29 is 14.4 Å². The van der Waals surface area contributed by atoms with Gasteiger partial charge >= 0.3 is 6.09 Å². The van der Waals surface area contributed by atoms with E-state index >= 15 is 0 Å². The van der Waals surface area contributed by atoms with Gasteiger partial charge in [-0.25, -0.2) is 10.7 Å². The first-order valence-electron chi connectivity index (χ1n) is 4.40. The van der Waals surface area contributed by atoms with Crippen LogP contribution in [0.15, 0.2) is 0 Å². The van der Waals surface area contributed by atoms with Crippen molar-refractivity contribution in [1.82, 2.24) is 0 Å². The summed E-state index contributed by atoms with van der Waals surface area (Å²) in [6.45, 7) is 1.88. The Balaban J connectivity index is 2.41. The Labute approximate surface area is 77.3 Å². The van der Waals surface area contributed by atoms with Gasteiger partial charge < -0.3 is 15.3 Å². The molecule has 1 aliphatic rings. The third-order valence-electron chi connectivity index (χ3n) is 2.53. The van der Waals surface area contributed by atoms with Gasteiger partial charge in [-0.05, 0) is 32.6 Å². The van der Waals surface area contributed by atoms with Gasteiger partial charge in [0.15, 0.2) is 0 Å². The molecular formula is C8H16N2O3. The zero-order chi connectivity index (χ0) is 9.90. The largest absolute Gasteiger partial charge is 0.443 e. The first kappa shape index (κ1) is 10.3. The molecule has 13 heavy (non-hydrogen) atoms. The smallest absolute Gasteiger partial charge is 0.405 e. The van der Waals surface area contributed by atoms with Crippen molar-refractivity contribution in [2.45, 2.75) is 44.3 Å². The maximum atomic E-state index is 10.6. The highest BCUT2D eigenvalue weighted by molar-refractivity contribution is 5.65. The molecule has 0 aromatic heterocycles. The van der Waals surface area contributed by atoms with Crippen LogP contribution in [0.4, 0.5) is 4.79 Å². The lowest BCUT2D eigenvalue weighted by Crippen LogP contribution is -2.40. The second-order valence-electron chi connectivity index (χ2n) is 3.71. The summed E-state index contributed by atoms with van der Waals surface area (Å²) in [4.78, 5) is 15.3. The van der Waals surface area contributed by atoms with Crippen molar-refractivity contribution in [1.29, 1.82) is 0 Å². The van der Waals surface area contributed by atoms with Gasteiger partial charge in [0.2, 0.25) is 0 Å². The van der Waals surface area contributed by atoms with E-state index < -0.39 is 11.7 Å². The highest BCUT2D eigenvalue weighted by Gasteiger charge is 2.34. The summed E-state index contributed by atoms with van der Waals surface area (Å²) in [7, 11) is 0. The van der Waals surface area contributed by atoms with Crippen LogP contribution in [0, 0.1) is 0 Å². The number of hydrogen-bond donors (Lipinski definition) is 2. The van der Waals surface area contributed by atoms with Gasteiger partial charge in [0.05, 0.1) is 6.10 Å². The second-order valence-corrected chi connectivity index (χ2v) is 3.71. The van der Waals surface area contributed by atoms with Crippen molar-refractivity contribution in [2.75, 3.05) is 0 Å². The first-order chi connectivity index (χ1) is 6.06. The quantitative estimate of drug-likeness (QED) is 0.623. The van der Waals surface area contributed by atoms with Gasteiger partial charge in [-0.2, -0.15) is 0 Å². The fourth-order valence-electron chi connectivity index (χ4n) is 1.68. The Morgan fingerprint density at radius 1 is 1.46 bits per heavy atom. The van der Waals surface area contributed by atoms with Gasteiger partial charge in [0.25, 0.3) is 0 Å². The molecule has 0 unspecified atom stereocenters. The predicted molar refractivity (Wildman–Crippen MR) is 46.6 cm³/mol. The number of amides is 1. The van der Waals surface area contributed by atoms with Gasteiger partial charge in [-0.3, -0.25) is 0 Å². The summed E-state index contributed by atoms with van der Waals surface area (Å²) < 4.78 is 5.01. The van der Waals surface area contributed by atoms with Crippen molar-refractivity contribution in [2.24, 2.45) is 11.6 Å². The van der Waals surface area contributed by atoms with E-state index in [4.69, 9.17) is 21.2 Å². The van der Waals surface area contributed by atoms with Crippen LogP contribution >= 0.6 is 0 Å². The molecule has 0 heterocycles. The molecule has 1 fully saturated rings. The van der Waals surface area contributed by atoms with Crippen LogP contribution in [0.2, 0.25) is 0 Å². The van der Waals surface area contributed by atoms with E-state index in [1.165, 1.54) is 0 Å². The average Bonchev–Trinajstić information content (AvgIpc) is 2.04. The summed E-state index contributed by atoms with van der Waals surface area (Å²) in [6, 6.07) is 0. The molecule has 0 aromatic rings. The van der Waals surface area contributed by atoms with E-state index in [1.807, 2.05) is 6.92 Å². The molecule has 0 saturated heterocycles. The van der Waals surface area contributed by atoms with Crippen LogP contribution in [-0.2, 0) is 9.57 Å². The molecule has 0 aromatic carbocycles. The fourth-order valence-corrected chi connectivity index (χ4v) is 1.68. The van der Waals surface area contributed by atoms with E-state index in [2.05, 4.69) is 0 Å². The Bertz CT molecular complexity index is 188. The van der Waals surface area contributed by atoms with Crippen molar-refractivity contribution >= 4 is 6.09 Å². The third kappa shape index (κ3) is 2.86. The molecule has 5 heteroatoms. The van der Waals surface area contributed by atoms with Gasteiger partial charge in [0, 0.05) is 0 Å². The fraction of sp³-hybridized carbons (Fsp3) is 0.875. The SMILES string of the molecule is C[C@]1(OC(N)=O)CC[C@H](ON)CC1. The summed E-state index contributed by atoms with van der Waals surface area (Å²) in [5.74, 6) is 5.06. The Morgan fingerprint density at radius 3 is 2.38 bits per heavy atom. The lowest BCUT2D eigenvalue weighted by molar-refractivity contribution is -0.0517. The summed E-state index contributed by atoms with van der Waals surface area (Å²) in [5, 5.41) is 0. The number of carbonyl (C=O) groups excluding carboxylic acids is 1. The molecule has 0 aliphatic heterocycles. The van der Waals surface area contributed by atoms with Crippen LogP contribution in [0.5, 0.6) is 0 Å². The molecule has 0 radical (unpaired) electrons. The zero-order valence-electron chi connectivity index (χ0n) is 7.79.